The zero-order chi connectivity index (χ0) is 15.4. The van der Waals surface area contributed by atoms with Crippen molar-refractivity contribution in [1.29, 1.82) is 0 Å². The average Bonchev–Trinajstić information content (AvgIpc) is 3.16. The van der Waals surface area contributed by atoms with Crippen LogP contribution in [0.5, 0.6) is 0 Å². The van der Waals surface area contributed by atoms with Crippen molar-refractivity contribution in [3.8, 4) is 0 Å². The fourth-order valence-electron chi connectivity index (χ4n) is 1.80. The minimum atomic E-state index is -0.177. The molecular formula is C15H12ClN3OS2. The minimum Gasteiger partial charge on any atom is -0.346 e. The molecule has 0 aliphatic heterocycles. The first-order valence-corrected chi connectivity index (χ1v) is 8.63. The van der Waals surface area contributed by atoms with Crippen LogP contribution in [-0.2, 0) is 6.54 Å². The smallest absolute Gasteiger partial charge is 0.271 e. The molecule has 0 spiro atoms. The van der Waals surface area contributed by atoms with Gasteiger partial charge in [0.2, 0.25) is 0 Å². The summed E-state index contributed by atoms with van der Waals surface area (Å²) in [6.07, 6.45) is 0. The van der Waals surface area contributed by atoms with Crippen molar-refractivity contribution >= 4 is 51.0 Å². The molecule has 3 rings (SSSR count). The third kappa shape index (κ3) is 3.85. The number of carbonyl (C=O) groups is 1. The molecule has 7 heteroatoms. The summed E-state index contributed by atoms with van der Waals surface area (Å²) < 4.78 is 0. The summed E-state index contributed by atoms with van der Waals surface area (Å²) in [5, 5.41) is 11.0. The van der Waals surface area contributed by atoms with Gasteiger partial charge in [-0.2, -0.15) is 0 Å². The van der Waals surface area contributed by atoms with Crippen LogP contribution in [0.15, 0.2) is 47.2 Å². The fraction of sp³-hybridized carbons (Fsp3) is 0.0667. The van der Waals surface area contributed by atoms with Gasteiger partial charge in [0.15, 0.2) is 5.13 Å². The van der Waals surface area contributed by atoms with Gasteiger partial charge < -0.3 is 10.6 Å². The van der Waals surface area contributed by atoms with Crippen LogP contribution in [0, 0.1) is 0 Å². The monoisotopic (exact) mass is 349 g/mol. The van der Waals surface area contributed by atoms with E-state index in [1.54, 1.807) is 28.8 Å². The van der Waals surface area contributed by atoms with Crippen molar-refractivity contribution in [2.45, 2.75) is 6.54 Å². The molecule has 0 bridgehead atoms. The lowest BCUT2D eigenvalue weighted by molar-refractivity contribution is 0.0947. The van der Waals surface area contributed by atoms with Crippen LogP contribution in [-0.4, -0.2) is 10.9 Å². The Hall–Kier alpha value is -1.89. The van der Waals surface area contributed by atoms with E-state index in [1.807, 2.05) is 29.6 Å². The van der Waals surface area contributed by atoms with E-state index in [0.717, 1.165) is 10.6 Å². The quantitative estimate of drug-likeness (QED) is 0.711. The summed E-state index contributed by atoms with van der Waals surface area (Å²) in [6, 6.07) is 11.3. The molecule has 1 amide bonds. The zero-order valence-electron chi connectivity index (χ0n) is 11.4. The Balaban J connectivity index is 1.61. The van der Waals surface area contributed by atoms with E-state index in [-0.39, 0.29) is 5.91 Å². The van der Waals surface area contributed by atoms with Gasteiger partial charge in [0.1, 0.15) is 5.69 Å². The van der Waals surface area contributed by atoms with Gasteiger partial charge in [-0.3, -0.25) is 4.79 Å². The number of hydrogen-bond acceptors (Lipinski definition) is 5. The molecule has 0 atom stereocenters. The van der Waals surface area contributed by atoms with Gasteiger partial charge in [-0.15, -0.1) is 22.7 Å². The van der Waals surface area contributed by atoms with Gasteiger partial charge in [0.05, 0.1) is 6.54 Å². The molecule has 2 N–H and O–H groups in total. The number of halogens is 1. The summed E-state index contributed by atoms with van der Waals surface area (Å²) >= 11 is 8.93. The number of rotatable bonds is 5. The van der Waals surface area contributed by atoms with E-state index in [4.69, 9.17) is 11.6 Å². The number of carbonyl (C=O) groups excluding carboxylic acids is 1. The molecule has 112 valence electrons. The van der Waals surface area contributed by atoms with Gasteiger partial charge in [-0.1, -0.05) is 23.7 Å². The lowest BCUT2D eigenvalue weighted by atomic mass is 10.3. The SMILES string of the molecule is O=C(NCc1cccs1)c1csc(Nc2cccc(Cl)c2)n1. The summed E-state index contributed by atoms with van der Waals surface area (Å²) in [5.74, 6) is -0.177. The molecule has 0 saturated carbocycles. The molecule has 0 aliphatic rings. The molecule has 0 radical (unpaired) electrons. The number of amides is 1. The van der Waals surface area contributed by atoms with Crippen molar-refractivity contribution < 1.29 is 4.79 Å². The first kappa shape index (κ1) is 15.0. The maximum Gasteiger partial charge on any atom is 0.271 e. The van der Waals surface area contributed by atoms with Crippen LogP contribution < -0.4 is 10.6 Å². The fourth-order valence-corrected chi connectivity index (χ4v) is 3.34. The Morgan fingerprint density at radius 1 is 1.23 bits per heavy atom. The van der Waals surface area contributed by atoms with Gasteiger partial charge in [0, 0.05) is 21.0 Å². The average molecular weight is 350 g/mol. The highest BCUT2D eigenvalue weighted by Crippen LogP contribution is 2.23. The molecule has 0 fully saturated rings. The number of anilines is 2. The number of thiazole rings is 1. The summed E-state index contributed by atoms with van der Waals surface area (Å²) in [4.78, 5) is 17.5. The van der Waals surface area contributed by atoms with Gasteiger partial charge >= 0.3 is 0 Å². The summed E-state index contributed by atoms with van der Waals surface area (Å²) in [6.45, 7) is 0.519. The number of nitrogens with one attached hydrogen (secondary N) is 2. The molecule has 0 saturated heterocycles. The van der Waals surface area contributed by atoms with Crippen LogP contribution in [0.4, 0.5) is 10.8 Å². The normalized spacial score (nSPS) is 10.4. The molecule has 0 unspecified atom stereocenters. The standard InChI is InChI=1S/C15H12ClN3OS2/c16-10-3-1-4-11(7-10)18-15-19-13(9-22-15)14(20)17-8-12-5-2-6-21-12/h1-7,9H,8H2,(H,17,20)(H,18,19). The highest BCUT2D eigenvalue weighted by atomic mass is 35.5. The molecule has 1 aromatic carbocycles. The largest absolute Gasteiger partial charge is 0.346 e. The third-order valence-corrected chi connectivity index (χ3v) is 4.69. The Labute approximate surface area is 140 Å². The van der Waals surface area contributed by atoms with Crippen LogP contribution in [0.25, 0.3) is 0 Å². The number of nitrogens with zero attached hydrogens (tertiary/aromatic N) is 1. The molecule has 2 aromatic heterocycles. The van der Waals surface area contributed by atoms with Crippen molar-refractivity contribution in [2.24, 2.45) is 0 Å². The predicted molar refractivity (Wildman–Crippen MR) is 92.3 cm³/mol. The lowest BCUT2D eigenvalue weighted by Gasteiger charge is -2.02. The maximum atomic E-state index is 12.0. The van der Waals surface area contributed by atoms with Gasteiger partial charge in [0.25, 0.3) is 5.91 Å². The number of aromatic nitrogens is 1. The second kappa shape index (κ2) is 6.91. The lowest BCUT2D eigenvalue weighted by Crippen LogP contribution is -2.22. The van der Waals surface area contributed by atoms with Crippen LogP contribution in [0.3, 0.4) is 0 Å². The van der Waals surface area contributed by atoms with Crippen LogP contribution >= 0.6 is 34.3 Å². The van der Waals surface area contributed by atoms with Crippen molar-refractivity contribution in [3.63, 3.8) is 0 Å². The molecule has 3 aromatic rings. The zero-order valence-corrected chi connectivity index (χ0v) is 13.8. The second-order valence-corrected chi connectivity index (χ2v) is 6.76. The molecule has 22 heavy (non-hydrogen) atoms. The highest BCUT2D eigenvalue weighted by Gasteiger charge is 2.11. The van der Waals surface area contributed by atoms with E-state index in [2.05, 4.69) is 15.6 Å². The third-order valence-electron chi connectivity index (χ3n) is 2.82. The minimum absolute atomic E-state index is 0.177. The topological polar surface area (TPSA) is 54.0 Å². The van der Waals surface area contributed by atoms with Crippen molar-refractivity contribution in [3.05, 3.63) is 62.8 Å². The number of thiophene rings is 1. The molecule has 2 heterocycles. The molecule has 4 nitrogen and oxygen atoms in total. The van der Waals surface area contributed by atoms with E-state index in [9.17, 15) is 4.79 Å². The highest BCUT2D eigenvalue weighted by molar-refractivity contribution is 7.14. The van der Waals surface area contributed by atoms with E-state index >= 15 is 0 Å². The van der Waals surface area contributed by atoms with Gasteiger partial charge in [-0.25, -0.2) is 4.98 Å². The van der Waals surface area contributed by atoms with Crippen LogP contribution in [0.2, 0.25) is 5.02 Å². The summed E-state index contributed by atoms with van der Waals surface area (Å²) in [5.41, 5.74) is 1.25. The summed E-state index contributed by atoms with van der Waals surface area (Å²) in [7, 11) is 0. The first-order chi connectivity index (χ1) is 10.7. The Morgan fingerprint density at radius 3 is 2.91 bits per heavy atom. The van der Waals surface area contributed by atoms with E-state index in [0.29, 0.717) is 22.4 Å². The van der Waals surface area contributed by atoms with E-state index < -0.39 is 0 Å². The Morgan fingerprint density at radius 2 is 2.14 bits per heavy atom. The first-order valence-electron chi connectivity index (χ1n) is 6.49. The van der Waals surface area contributed by atoms with Gasteiger partial charge in [-0.05, 0) is 29.6 Å². The maximum absolute atomic E-state index is 12.0. The second-order valence-electron chi connectivity index (χ2n) is 4.44. The van der Waals surface area contributed by atoms with E-state index in [1.165, 1.54) is 11.3 Å². The van der Waals surface area contributed by atoms with Crippen molar-refractivity contribution in [1.82, 2.24) is 10.3 Å². The van der Waals surface area contributed by atoms with Crippen molar-refractivity contribution in [2.75, 3.05) is 5.32 Å². The predicted octanol–water partition coefficient (Wildman–Crippen LogP) is 4.53. The Bertz CT molecular complexity index is 771. The number of benzene rings is 1. The Kier molecular flexibility index (Phi) is 4.72. The number of hydrogen-bond donors (Lipinski definition) is 2. The van der Waals surface area contributed by atoms with Crippen LogP contribution in [0.1, 0.15) is 15.4 Å². The molecule has 0 aliphatic carbocycles. The molecular weight excluding hydrogens is 338 g/mol.